The fraction of sp³-hybridized carbons (Fsp3) is 0.382. The fourth-order valence-electron chi connectivity index (χ4n) is 5.99. The molecule has 2 heterocycles. The number of aromatic nitrogens is 2. The number of imidazole rings is 1. The molecule has 0 bridgehead atoms. The van der Waals surface area contributed by atoms with Crippen molar-refractivity contribution in [2.45, 2.75) is 52.4 Å². The van der Waals surface area contributed by atoms with E-state index < -0.39 is 0 Å². The van der Waals surface area contributed by atoms with Crippen molar-refractivity contribution in [1.29, 1.82) is 0 Å². The van der Waals surface area contributed by atoms with Gasteiger partial charge in [0.25, 0.3) is 0 Å². The van der Waals surface area contributed by atoms with Crippen LogP contribution in [0, 0.1) is 0 Å². The maximum absolute atomic E-state index is 7.01. The quantitative estimate of drug-likeness (QED) is 0.198. The minimum atomic E-state index is 0.262. The highest BCUT2D eigenvalue weighted by atomic mass is 35.5. The van der Waals surface area contributed by atoms with Crippen LogP contribution < -0.4 is 0 Å². The molecular weight excluding hydrogens is 516 g/mol. The van der Waals surface area contributed by atoms with E-state index in [1.54, 1.807) is 7.11 Å². The number of rotatable bonds is 11. The zero-order chi connectivity index (χ0) is 27.9. The molecule has 0 radical (unpaired) electrons. The largest absolute Gasteiger partial charge is 0.383 e. The van der Waals surface area contributed by atoms with E-state index in [0.29, 0.717) is 18.3 Å². The summed E-state index contributed by atoms with van der Waals surface area (Å²) in [5, 5.41) is 0.595. The number of aryl methyl sites for hydroxylation is 2. The van der Waals surface area contributed by atoms with Gasteiger partial charge in [-0.1, -0.05) is 104 Å². The molecule has 3 aromatic carbocycles. The molecule has 6 heteroatoms. The van der Waals surface area contributed by atoms with Crippen LogP contribution in [0.2, 0.25) is 5.15 Å². The maximum atomic E-state index is 7.01. The molecule has 4 aromatic rings. The lowest BCUT2D eigenvalue weighted by Crippen LogP contribution is -2.47. The van der Waals surface area contributed by atoms with Crippen molar-refractivity contribution < 1.29 is 4.74 Å². The molecule has 1 fully saturated rings. The van der Waals surface area contributed by atoms with Crippen molar-refractivity contribution in [2.75, 3.05) is 33.4 Å². The predicted octanol–water partition coefficient (Wildman–Crippen LogP) is 7.03. The van der Waals surface area contributed by atoms with Crippen LogP contribution in [0.4, 0.5) is 0 Å². The molecule has 210 valence electrons. The number of nitrogens with zero attached hydrogens (tertiary/aromatic N) is 4. The van der Waals surface area contributed by atoms with Crippen LogP contribution in [0.25, 0.3) is 11.4 Å². The van der Waals surface area contributed by atoms with Crippen molar-refractivity contribution in [3.8, 4) is 11.4 Å². The summed E-state index contributed by atoms with van der Waals surface area (Å²) in [6.07, 6.45) is 1.90. The SMILES string of the molecule is CCc1cccc(CC)c1-c1nc(Cl)c(CN2CCN(Cc3ccccc3)CC2c2ccccc2)n1CCOC. The van der Waals surface area contributed by atoms with E-state index in [0.717, 1.165) is 57.1 Å². The first kappa shape index (κ1) is 28.6. The van der Waals surface area contributed by atoms with E-state index in [2.05, 4.69) is 107 Å². The molecule has 0 saturated carbocycles. The predicted molar refractivity (Wildman–Crippen MR) is 165 cm³/mol. The highest BCUT2D eigenvalue weighted by Crippen LogP contribution is 2.35. The van der Waals surface area contributed by atoms with E-state index in [-0.39, 0.29) is 6.04 Å². The topological polar surface area (TPSA) is 33.5 Å². The summed E-state index contributed by atoms with van der Waals surface area (Å²) < 4.78 is 7.87. The zero-order valence-corrected chi connectivity index (χ0v) is 24.8. The highest BCUT2D eigenvalue weighted by molar-refractivity contribution is 6.30. The van der Waals surface area contributed by atoms with E-state index in [1.165, 1.54) is 27.8 Å². The average Bonchev–Trinajstić information content (AvgIpc) is 3.31. The van der Waals surface area contributed by atoms with Gasteiger partial charge in [-0.3, -0.25) is 9.80 Å². The lowest BCUT2D eigenvalue weighted by Gasteiger charge is -2.42. The molecule has 5 nitrogen and oxygen atoms in total. The molecule has 0 amide bonds. The molecule has 1 aliphatic heterocycles. The first-order valence-electron chi connectivity index (χ1n) is 14.5. The minimum absolute atomic E-state index is 0.262. The molecule has 40 heavy (non-hydrogen) atoms. The molecule has 1 aromatic heterocycles. The van der Waals surface area contributed by atoms with Gasteiger partial charge in [0, 0.05) is 58.0 Å². The second kappa shape index (κ2) is 13.6. The van der Waals surface area contributed by atoms with Crippen LogP contribution in [0.1, 0.15) is 47.8 Å². The van der Waals surface area contributed by atoms with Crippen molar-refractivity contribution >= 4 is 11.6 Å². The smallest absolute Gasteiger partial charge is 0.152 e. The van der Waals surface area contributed by atoms with E-state index in [4.69, 9.17) is 21.3 Å². The van der Waals surface area contributed by atoms with Gasteiger partial charge in [-0.05, 0) is 35.1 Å². The van der Waals surface area contributed by atoms with Crippen LogP contribution >= 0.6 is 11.6 Å². The van der Waals surface area contributed by atoms with E-state index in [1.807, 2.05) is 0 Å². The summed E-state index contributed by atoms with van der Waals surface area (Å²) in [5.41, 5.74) is 7.60. The Labute approximate surface area is 244 Å². The normalized spacial score (nSPS) is 16.4. The third-order valence-corrected chi connectivity index (χ3v) is 8.43. The summed E-state index contributed by atoms with van der Waals surface area (Å²) >= 11 is 7.01. The fourth-order valence-corrected chi connectivity index (χ4v) is 6.23. The molecule has 1 atom stereocenters. The Morgan fingerprint density at radius 2 is 1.52 bits per heavy atom. The molecule has 1 aliphatic rings. The van der Waals surface area contributed by atoms with Crippen LogP contribution in [0.5, 0.6) is 0 Å². The molecular formula is C34H41ClN4O. The number of piperazine rings is 1. The number of hydrogen-bond donors (Lipinski definition) is 0. The summed E-state index contributed by atoms with van der Waals surface area (Å²) in [4.78, 5) is 10.2. The van der Waals surface area contributed by atoms with Gasteiger partial charge in [0.05, 0.1) is 12.3 Å². The number of halogens is 1. The van der Waals surface area contributed by atoms with Gasteiger partial charge >= 0.3 is 0 Å². The second-order valence-corrected chi connectivity index (χ2v) is 11.0. The molecule has 1 saturated heterocycles. The Kier molecular flexibility index (Phi) is 9.71. The van der Waals surface area contributed by atoms with Crippen molar-refractivity contribution in [1.82, 2.24) is 19.4 Å². The molecule has 5 rings (SSSR count). The third-order valence-electron chi connectivity index (χ3n) is 8.13. The van der Waals surface area contributed by atoms with Crippen molar-refractivity contribution in [3.63, 3.8) is 0 Å². The van der Waals surface area contributed by atoms with Crippen LogP contribution in [0.15, 0.2) is 78.9 Å². The van der Waals surface area contributed by atoms with E-state index >= 15 is 0 Å². The minimum Gasteiger partial charge on any atom is -0.383 e. The van der Waals surface area contributed by atoms with Gasteiger partial charge in [-0.15, -0.1) is 0 Å². The molecule has 0 aliphatic carbocycles. The van der Waals surface area contributed by atoms with Gasteiger partial charge in [0.1, 0.15) is 5.82 Å². The van der Waals surface area contributed by atoms with Gasteiger partial charge in [-0.25, -0.2) is 4.98 Å². The Morgan fingerprint density at radius 3 is 2.17 bits per heavy atom. The lowest BCUT2D eigenvalue weighted by molar-refractivity contribution is 0.0615. The van der Waals surface area contributed by atoms with Gasteiger partial charge < -0.3 is 9.30 Å². The lowest BCUT2D eigenvalue weighted by atomic mass is 9.97. The van der Waals surface area contributed by atoms with Gasteiger partial charge in [-0.2, -0.15) is 0 Å². The maximum Gasteiger partial charge on any atom is 0.152 e. The van der Waals surface area contributed by atoms with Crippen LogP contribution in [0.3, 0.4) is 0 Å². The molecule has 0 spiro atoms. The zero-order valence-electron chi connectivity index (χ0n) is 24.0. The first-order valence-corrected chi connectivity index (χ1v) is 14.9. The number of hydrogen-bond acceptors (Lipinski definition) is 4. The number of methoxy groups -OCH3 is 1. The highest BCUT2D eigenvalue weighted by Gasteiger charge is 2.31. The molecule has 0 N–H and O–H groups in total. The molecule has 1 unspecified atom stereocenters. The Hall–Kier alpha value is -2.96. The number of benzene rings is 3. The third kappa shape index (κ3) is 6.34. The van der Waals surface area contributed by atoms with Crippen LogP contribution in [-0.2, 0) is 37.2 Å². The summed E-state index contributed by atoms with van der Waals surface area (Å²) in [7, 11) is 1.76. The van der Waals surface area contributed by atoms with E-state index in [9.17, 15) is 0 Å². The monoisotopic (exact) mass is 556 g/mol. The van der Waals surface area contributed by atoms with Gasteiger partial charge in [0.2, 0.25) is 0 Å². The Bertz CT molecular complexity index is 1350. The van der Waals surface area contributed by atoms with Gasteiger partial charge in [0.15, 0.2) is 5.15 Å². The average molecular weight is 557 g/mol. The Balaban J connectivity index is 1.49. The summed E-state index contributed by atoms with van der Waals surface area (Å²) in [6, 6.07) is 28.5. The standard InChI is InChI=1S/C34H41ClN4O/c1-4-27-17-12-18-28(5-2)32(27)34-36-33(35)31(39(34)21-22-40-3)25-38-20-19-37(23-26-13-8-6-9-14-26)24-30(38)29-15-10-7-11-16-29/h6-18,30H,4-5,19-25H2,1-3H3. The van der Waals surface area contributed by atoms with Crippen molar-refractivity contribution in [2.24, 2.45) is 0 Å². The summed E-state index contributed by atoms with van der Waals surface area (Å²) in [6.45, 7) is 10.4. The summed E-state index contributed by atoms with van der Waals surface area (Å²) in [5.74, 6) is 0.963. The van der Waals surface area contributed by atoms with Crippen LogP contribution in [-0.4, -0.2) is 52.7 Å². The first-order chi connectivity index (χ1) is 19.6. The second-order valence-electron chi connectivity index (χ2n) is 10.6. The number of ether oxygens (including phenoxy) is 1. The Morgan fingerprint density at radius 1 is 0.850 bits per heavy atom. The van der Waals surface area contributed by atoms with Crippen molar-refractivity contribution in [3.05, 3.63) is 112 Å².